The van der Waals surface area contributed by atoms with Gasteiger partial charge in [-0.2, -0.15) is 5.10 Å². The van der Waals surface area contributed by atoms with Crippen molar-refractivity contribution >= 4 is 40.2 Å². The highest BCUT2D eigenvalue weighted by Crippen LogP contribution is 2.32. The first-order valence-corrected chi connectivity index (χ1v) is 9.16. The first-order chi connectivity index (χ1) is 11.1. The molecule has 0 radical (unpaired) electrons. The molecule has 0 atom stereocenters. The summed E-state index contributed by atoms with van der Waals surface area (Å²) in [6.07, 6.45) is 5.60. The molecule has 0 bridgehead atoms. The summed E-state index contributed by atoms with van der Waals surface area (Å²) in [7, 11) is 1.89. The second-order valence-electron chi connectivity index (χ2n) is 5.02. The highest BCUT2D eigenvalue weighted by molar-refractivity contribution is 7.23. The molecule has 1 amide bonds. The van der Waals surface area contributed by atoms with Crippen molar-refractivity contribution in [2.75, 3.05) is 6.54 Å². The highest BCUT2D eigenvalue weighted by Gasteiger charge is 2.12. The molecule has 0 spiro atoms. The molecule has 0 aliphatic rings. The van der Waals surface area contributed by atoms with E-state index in [0.717, 1.165) is 27.1 Å². The minimum atomic E-state index is -0.138. The molecule has 0 aliphatic carbocycles. The van der Waals surface area contributed by atoms with Gasteiger partial charge in [0, 0.05) is 25.2 Å². The number of hydrogen-bond donors (Lipinski definition) is 1. The van der Waals surface area contributed by atoms with E-state index in [-0.39, 0.29) is 5.91 Å². The van der Waals surface area contributed by atoms with Crippen LogP contribution in [0.2, 0.25) is 4.34 Å². The third kappa shape index (κ3) is 4.19. The normalized spacial score (nSPS) is 10.9. The Balaban J connectivity index is 1.49. The van der Waals surface area contributed by atoms with Gasteiger partial charge in [-0.1, -0.05) is 11.6 Å². The second kappa shape index (κ2) is 7.25. The summed E-state index contributed by atoms with van der Waals surface area (Å²) >= 11 is 8.84. The minimum absolute atomic E-state index is 0.138. The summed E-state index contributed by atoms with van der Waals surface area (Å²) < 4.78 is 2.50. The maximum absolute atomic E-state index is 12.1. The predicted molar refractivity (Wildman–Crippen MR) is 94.3 cm³/mol. The van der Waals surface area contributed by atoms with Gasteiger partial charge in [-0.15, -0.1) is 22.7 Å². The molecule has 0 aromatic carbocycles. The molecule has 3 rings (SSSR count). The van der Waals surface area contributed by atoms with E-state index in [9.17, 15) is 4.79 Å². The van der Waals surface area contributed by atoms with Gasteiger partial charge in [-0.25, -0.2) is 4.98 Å². The number of nitrogens with one attached hydrogen (secondary N) is 1. The number of halogens is 1. The first-order valence-electron chi connectivity index (χ1n) is 7.09. The summed E-state index contributed by atoms with van der Waals surface area (Å²) in [5.74, 6) is -0.138. The number of carbonyl (C=O) groups excluding carboxylic acids is 1. The zero-order chi connectivity index (χ0) is 16.2. The van der Waals surface area contributed by atoms with E-state index >= 15 is 0 Å². The minimum Gasteiger partial charge on any atom is -0.351 e. The molecule has 0 saturated carbocycles. The van der Waals surface area contributed by atoms with Crippen LogP contribution in [0.1, 0.15) is 22.5 Å². The van der Waals surface area contributed by atoms with Crippen molar-refractivity contribution < 1.29 is 4.79 Å². The Hall–Kier alpha value is -1.70. The molecule has 5 nitrogen and oxygen atoms in total. The van der Waals surface area contributed by atoms with Crippen molar-refractivity contribution in [2.24, 2.45) is 7.05 Å². The zero-order valence-corrected chi connectivity index (χ0v) is 14.8. The molecule has 0 fully saturated rings. The topological polar surface area (TPSA) is 59.8 Å². The maximum atomic E-state index is 12.1. The van der Waals surface area contributed by atoms with Crippen LogP contribution in [-0.4, -0.2) is 27.2 Å². The van der Waals surface area contributed by atoms with E-state index < -0.39 is 0 Å². The molecule has 8 heteroatoms. The fourth-order valence-electron chi connectivity index (χ4n) is 2.11. The van der Waals surface area contributed by atoms with Crippen LogP contribution in [0.3, 0.4) is 0 Å². The second-order valence-corrected chi connectivity index (χ2v) is 7.60. The number of aryl methyl sites for hydroxylation is 2. The van der Waals surface area contributed by atoms with E-state index in [1.54, 1.807) is 10.1 Å². The van der Waals surface area contributed by atoms with E-state index in [2.05, 4.69) is 15.4 Å². The third-order valence-corrected chi connectivity index (χ3v) is 5.45. The van der Waals surface area contributed by atoms with Crippen molar-refractivity contribution in [1.82, 2.24) is 20.1 Å². The average molecular weight is 367 g/mol. The van der Waals surface area contributed by atoms with Crippen molar-refractivity contribution in [1.29, 1.82) is 0 Å². The van der Waals surface area contributed by atoms with Gasteiger partial charge in [0.05, 0.1) is 15.4 Å². The predicted octanol–water partition coefficient (Wildman–Crippen LogP) is 3.62. The summed E-state index contributed by atoms with van der Waals surface area (Å²) in [6.45, 7) is 0.616. The Kier molecular flexibility index (Phi) is 5.09. The lowest BCUT2D eigenvalue weighted by Gasteiger charge is -2.02. The van der Waals surface area contributed by atoms with Crippen LogP contribution in [0.25, 0.3) is 9.88 Å². The number of rotatable bonds is 6. The summed E-state index contributed by atoms with van der Waals surface area (Å²) in [4.78, 5) is 17.5. The average Bonchev–Trinajstić information content (AvgIpc) is 3.24. The van der Waals surface area contributed by atoms with Crippen LogP contribution in [-0.2, 0) is 13.5 Å². The Morgan fingerprint density at radius 1 is 1.43 bits per heavy atom. The molecule has 120 valence electrons. The van der Waals surface area contributed by atoms with Crippen LogP contribution in [0.5, 0.6) is 0 Å². The SMILES string of the molecule is Cn1cc(CCCNC(=O)c2csc(-c3ccc(Cl)s3)n2)cn1. The largest absolute Gasteiger partial charge is 0.351 e. The van der Waals surface area contributed by atoms with E-state index in [1.807, 2.05) is 31.6 Å². The molecule has 0 aliphatic heterocycles. The lowest BCUT2D eigenvalue weighted by atomic mass is 10.2. The molecule has 0 unspecified atom stereocenters. The van der Waals surface area contributed by atoms with Crippen molar-refractivity contribution in [2.45, 2.75) is 12.8 Å². The summed E-state index contributed by atoms with van der Waals surface area (Å²) in [6, 6.07) is 3.75. The van der Waals surface area contributed by atoms with Crippen LogP contribution in [0.15, 0.2) is 29.9 Å². The lowest BCUT2D eigenvalue weighted by Crippen LogP contribution is -2.25. The molecular weight excluding hydrogens is 352 g/mol. The van der Waals surface area contributed by atoms with Gasteiger partial charge in [0.1, 0.15) is 10.7 Å². The van der Waals surface area contributed by atoms with E-state index in [4.69, 9.17) is 11.6 Å². The molecule has 3 heterocycles. The Bertz CT molecular complexity index is 808. The Morgan fingerprint density at radius 3 is 3.00 bits per heavy atom. The van der Waals surface area contributed by atoms with Gasteiger partial charge in [0.25, 0.3) is 5.91 Å². The Labute approximate surface area is 146 Å². The fourth-order valence-corrected chi connectivity index (χ4v) is 4.02. The number of nitrogens with zero attached hydrogens (tertiary/aromatic N) is 3. The first kappa shape index (κ1) is 16.2. The fraction of sp³-hybridized carbons (Fsp3) is 0.267. The zero-order valence-electron chi connectivity index (χ0n) is 12.5. The Morgan fingerprint density at radius 2 is 2.30 bits per heavy atom. The number of thiazole rings is 1. The summed E-state index contributed by atoms with van der Waals surface area (Å²) in [5, 5.41) is 9.62. The maximum Gasteiger partial charge on any atom is 0.270 e. The van der Waals surface area contributed by atoms with Crippen LogP contribution in [0, 0.1) is 0 Å². The van der Waals surface area contributed by atoms with Gasteiger partial charge in [-0.3, -0.25) is 9.48 Å². The molecule has 3 aromatic heterocycles. The highest BCUT2D eigenvalue weighted by atomic mass is 35.5. The van der Waals surface area contributed by atoms with Gasteiger partial charge >= 0.3 is 0 Å². The molecule has 0 saturated heterocycles. The van der Waals surface area contributed by atoms with Crippen molar-refractivity contribution in [3.8, 4) is 9.88 Å². The summed E-state index contributed by atoms with van der Waals surface area (Å²) in [5.41, 5.74) is 1.63. The molecule has 1 N–H and O–H groups in total. The smallest absolute Gasteiger partial charge is 0.270 e. The molecular formula is C15H15ClN4OS2. The third-order valence-electron chi connectivity index (χ3n) is 3.21. The van der Waals surface area contributed by atoms with Crippen molar-refractivity contribution in [3.63, 3.8) is 0 Å². The molecule has 3 aromatic rings. The van der Waals surface area contributed by atoms with E-state index in [1.165, 1.54) is 28.2 Å². The van der Waals surface area contributed by atoms with Gasteiger partial charge in [0.15, 0.2) is 0 Å². The number of amides is 1. The number of thiophene rings is 1. The van der Waals surface area contributed by atoms with Gasteiger partial charge in [-0.05, 0) is 30.5 Å². The van der Waals surface area contributed by atoms with Crippen molar-refractivity contribution in [3.05, 3.63) is 45.5 Å². The quantitative estimate of drug-likeness (QED) is 0.678. The number of aromatic nitrogens is 3. The van der Waals surface area contributed by atoms with E-state index in [0.29, 0.717) is 12.2 Å². The number of carbonyl (C=O) groups is 1. The van der Waals surface area contributed by atoms with Crippen LogP contribution >= 0.6 is 34.3 Å². The van der Waals surface area contributed by atoms with Gasteiger partial charge in [0.2, 0.25) is 0 Å². The standard InChI is InChI=1S/C15H15ClN4OS2/c1-20-8-10(7-18-20)3-2-6-17-14(21)11-9-22-15(19-11)12-4-5-13(16)23-12/h4-5,7-9H,2-3,6H2,1H3,(H,17,21). The monoisotopic (exact) mass is 366 g/mol. The lowest BCUT2D eigenvalue weighted by molar-refractivity contribution is 0.0949. The van der Waals surface area contributed by atoms with Crippen LogP contribution < -0.4 is 5.32 Å². The van der Waals surface area contributed by atoms with Crippen LogP contribution in [0.4, 0.5) is 0 Å². The van der Waals surface area contributed by atoms with Gasteiger partial charge < -0.3 is 5.32 Å². The molecule has 23 heavy (non-hydrogen) atoms. The number of hydrogen-bond acceptors (Lipinski definition) is 5.